The van der Waals surface area contributed by atoms with Crippen molar-refractivity contribution in [2.45, 2.75) is 25.8 Å². The minimum atomic E-state index is -0.0170. The van der Waals surface area contributed by atoms with Gasteiger partial charge in [-0.3, -0.25) is 4.79 Å². The smallest absolute Gasteiger partial charge is 0.273 e. The van der Waals surface area contributed by atoms with Gasteiger partial charge in [0.25, 0.3) is 5.91 Å². The number of hydrogen-bond donors (Lipinski definition) is 1. The van der Waals surface area contributed by atoms with E-state index < -0.39 is 0 Å². The van der Waals surface area contributed by atoms with E-state index in [1.807, 2.05) is 48.2 Å². The molecule has 0 radical (unpaired) electrons. The van der Waals surface area contributed by atoms with Gasteiger partial charge >= 0.3 is 0 Å². The third-order valence-electron chi connectivity index (χ3n) is 4.34. The Kier molecular flexibility index (Phi) is 3.33. The average Bonchev–Trinajstić information content (AvgIpc) is 3.20. The molecule has 1 saturated heterocycles. The molecular formula is C18H18N4O. The number of H-pyrrole nitrogens is 1. The molecule has 0 spiro atoms. The summed E-state index contributed by atoms with van der Waals surface area (Å²) in [6.45, 7) is 2.65. The summed E-state index contributed by atoms with van der Waals surface area (Å²) in [6, 6.07) is 13.5. The maximum atomic E-state index is 12.8. The molecule has 5 nitrogen and oxygen atoms in total. The summed E-state index contributed by atoms with van der Waals surface area (Å²) < 4.78 is 0. The van der Waals surface area contributed by atoms with Crippen molar-refractivity contribution < 1.29 is 4.79 Å². The number of amides is 1. The lowest BCUT2D eigenvalue weighted by Gasteiger charge is -2.22. The van der Waals surface area contributed by atoms with Crippen LogP contribution in [0.5, 0.6) is 0 Å². The molecule has 5 heteroatoms. The number of para-hydroxylation sites is 2. The van der Waals surface area contributed by atoms with Crippen molar-refractivity contribution in [2.75, 3.05) is 6.54 Å². The highest BCUT2D eigenvalue weighted by Gasteiger charge is 2.33. The first-order chi connectivity index (χ1) is 11.2. The number of carbonyl (C=O) groups excluding carboxylic acids is 1. The zero-order valence-corrected chi connectivity index (χ0v) is 13.0. The molecule has 116 valence electrons. The fourth-order valence-electron chi connectivity index (χ4n) is 3.23. The van der Waals surface area contributed by atoms with Crippen LogP contribution in [-0.2, 0) is 0 Å². The van der Waals surface area contributed by atoms with Gasteiger partial charge in [0, 0.05) is 12.2 Å². The van der Waals surface area contributed by atoms with Crippen molar-refractivity contribution in [3.05, 3.63) is 59.7 Å². The van der Waals surface area contributed by atoms with Crippen molar-refractivity contribution in [1.82, 2.24) is 19.9 Å². The standard InChI is InChI=1S/C18H18N4O/c1-12-6-4-9-15(19-12)18(23)22-11-5-10-16(22)17-20-13-7-2-3-8-14(13)21-17/h2-4,6-9,16H,5,10-11H2,1H3,(H,20,21). The van der Waals surface area contributed by atoms with Gasteiger partial charge in [0.05, 0.1) is 17.1 Å². The Morgan fingerprint density at radius 2 is 2.04 bits per heavy atom. The first kappa shape index (κ1) is 13.9. The number of carbonyl (C=O) groups is 1. The van der Waals surface area contributed by atoms with Crippen molar-refractivity contribution in [2.24, 2.45) is 0 Å². The Morgan fingerprint density at radius 3 is 2.87 bits per heavy atom. The molecule has 1 atom stereocenters. The summed E-state index contributed by atoms with van der Waals surface area (Å²) in [6.07, 6.45) is 1.91. The highest BCUT2D eigenvalue weighted by molar-refractivity contribution is 5.92. The fraction of sp³-hybridized carbons (Fsp3) is 0.278. The van der Waals surface area contributed by atoms with Gasteiger partial charge in [-0.2, -0.15) is 0 Å². The first-order valence-corrected chi connectivity index (χ1v) is 7.91. The molecule has 0 saturated carbocycles. The molecule has 0 aliphatic carbocycles. The van der Waals surface area contributed by atoms with Gasteiger partial charge in [-0.1, -0.05) is 18.2 Å². The quantitative estimate of drug-likeness (QED) is 0.790. The van der Waals surface area contributed by atoms with Gasteiger partial charge in [0.2, 0.25) is 0 Å². The van der Waals surface area contributed by atoms with Crippen LogP contribution in [0.25, 0.3) is 11.0 Å². The van der Waals surface area contributed by atoms with Gasteiger partial charge < -0.3 is 9.88 Å². The van der Waals surface area contributed by atoms with E-state index in [9.17, 15) is 4.79 Å². The van der Waals surface area contributed by atoms with Crippen LogP contribution >= 0.6 is 0 Å². The Labute approximate surface area is 134 Å². The number of aromatic nitrogens is 3. The first-order valence-electron chi connectivity index (χ1n) is 7.91. The maximum absolute atomic E-state index is 12.8. The van der Waals surface area contributed by atoms with Crippen LogP contribution in [0.1, 0.15) is 40.9 Å². The summed E-state index contributed by atoms with van der Waals surface area (Å²) in [4.78, 5) is 27.1. The van der Waals surface area contributed by atoms with E-state index in [1.54, 1.807) is 6.07 Å². The molecular weight excluding hydrogens is 288 g/mol. The SMILES string of the molecule is Cc1cccc(C(=O)N2CCCC2c2nc3ccccc3[nH]2)n1. The molecule has 1 unspecified atom stereocenters. The summed E-state index contributed by atoms with van der Waals surface area (Å²) in [5, 5.41) is 0. The lowest BCUT2D eigenvalue weighted by atomic mass is 10.2. The van der Waals surface area contributed by atoms with Gasteiger partial charge in [-0.15, -0.1) is 0 Å². The van der Waals surface area contributed by atoms with Crippen LogP contribution in [0.2, 0.25) is 0 Å². The molecule has 0 bridgehead atoms. The van der Waals surface area contributed by atoms with E-state index >= 15 is 0 Å². The van der Waals surface area contributed by atoms with Crippen LogP contribution in [0, 0.1) is 6.92 Å². The number of nitrogens with zero attached hydrogens (tertiary/aromatic N) is 3. The third-order valence-corrected chi connectivity index (χ3v) is 4.34. The van der Waals surface area contributed by atoms with E-state index in [0.717, 1.165) is 41.9 Å². The summed E-state index contributed by atoms with van der Waals surface area (Å²) in [5.41, 5.74) is 3.31. The second-order valence-corrected chi connectivity index (χ2v) is 5.96. The van der Waals surface area contributed by atoms with Crippen molar-refractivity contribution in [1.29, 1.82) is 0 Å². The number of pyridine rings is 1. The van der Waals surface area contributed by atoms with E-state index in [4.69, 9.17) is 0 Å². The van der Waals surface area contributed by atoms with Crippen molar-refractivity contribution >= 4 is 16.9 Å². The molecule has 1 aromatic carbocycles. The van der Waals surface area contributed by atoms with Gasteiger partial charge in [-0.05, 0) is 44.0 Å². The van der Waals surface area contributed by atoms with Gasteiger partial charge in [-0.25, -0.2) is 9.97 Å². The molecule has 23 heavy (non-hydrogen) atoms. The topological polar surface area (TPSA) is 61.9 Å². The zero-order valence-electron chi connectivity index (χ0n) is 13.0. The monoisotopic (exact) mass is 306 g/mol. The highest BCUT2D eigenvalue weighted by atomic mass is 16.2. The number of imidazole rings is 1. The van der Waals surface area contributed by atoms with Crippen LogP contribution in [0.4, 0.5) is 0 Å². The Morgan fingerprint density at radius 1 is 1.17 bits per heavy atom. The number of likely N-dealkylation sites (tertiary alicyclic amines) is 1. The predicted octanol–water partition coefficient (Wildman–Crippen LogP) is 3.24. The maximum Gasteiger partial charge on any atom is 0.273 e. The summed E-state index contributed by atoms with van der Waals surface area (Å²) in [7, 11) is 0. The predicted molar refractivity (Wildman–Crippen MR) is 88.1 cm³/mol. The average molecular weight is 306 g/mol. The lowest BCUT2D eigenvalue weighted by Crippen LogP contribution is -2.31. The number of rotatable bonds is 2. The number of aromatic amines is 1. The van der Waals surface area contributed by atoms with Gasteiger partial charge in [0.1, 0.15) is 11.5 Å². The normalized spacial score (nSPS) is 17.8. The minimum Gasteiger partial charge on any atom is -0.340 e. The molecule has 2 aromatic heterocycles. The third kappa shape index (κ3) is 2.48. The number of hydrogen-bond acceptors (Lipinski definition) is 3. The molecule has 1 aliphatic heterocycles. The van der Waals surface area contributed by atoms with Crippen LogP contribution in [0.3, 0.4) is 0 Å². The largest absolute Gasteiger partial charge is 0.340 e. The summed E-state index contributed by atoms with van der Waals surface area (Å²) in [5.74, 6) is 0.848. The molecule has 1 aliphatic rings. The Balaban J connectivity index is 1.67. The van der Waals surface area contributed by atoms with E-state index in [1.165, 1.54) is 0 Å². The number of aryl methyl sites for hydroxylation is 1. The van der Waals surface area contributed by atoms with Crippen molar-refractivity contribution in [3.63, 3.8) is 0 Å². The fourth-order valence-corrected chi connectivity index (χ4v) is 3.23. The van der Waals surface area contributed by atoms with E-state index in [0.29, 0.717) is 5.69 Å². The Hall–Kier alpha value is -2.69. The van der Waals surface area contributed by atoms with Crippen LogP contribution < -0.4 is 0 Å². The van der Waals surface area contributed by atoms with E-state index in [-0.39, 0.29) is 11.9 Å². The minimum absolute atomic E-state index is 0.00258. The highest BCUT2D eigenvalue weighted by Crippen LogP contribution is 2.32. The Bertz CT molecular complexity index is 837. The number of fused-ring (bicyclic) bond motifs is 1. The number of benzene rings is 1. The molecule has 4 rings (SSSR count). The van der Waals surface area contributed by atoms with Gasteiger partial charge in [0.15, 0.2) is 0 Å². The van der Waals surface area contributed by atoms with Crippen molar-refractivity contribution in [3.8, 4) is 0 Å². The van der Waals surface area contributed by atoms with E-state index in [2.05, 4.69) is 15.0 Å². The molecule has 1 N–H and O–H groups in total. The second kappa shape index (κ2) is 5.50. The molecule has 1 fully saturated rings. The van der Waals surface area contributed by atoms with Crippen LogP contribution in [-0.4, -0.2) is 32.3 Å². The zero-order chi connectivity index (χ0) is 15.8. The lowest BCUT2D eigenvalue weighted by molar-refractivity contribution is 0.0724. The molecule has 3 aromatic rings. The summed E-state index contributed by atoms with van der Waals surface area (Å²) >= 11 is 0. The van der Waals surface area contributed by atoms with Crippen LogP contribution in [0.15, 0.2) is 42.5 Å². The number of nitrogens with one attached hydrogen (secondary N) is 1. The molecule has 1 amide bonds. The molecule has 3 heterocycles. The second-order valence-electron chi connectivity index (χ2n) is 5.96.